The van der Waals surface area contributed by atoms with Gasteiger partial charge in [-0.05, 0) is 51.4 Å². The smallest absolute Gasteiger partial charge is 0.303 e. The fourth-order valence-corrected chi connectivity index (χ4v) is 4.19. The molecule has 0 aromatic carbocycles. The Bertz CT molecular complexity index is 350. The Morgan fingerprint density at radius 3 is 2.39 bits per heavy atom. The van der Waals surface area contributed by atoms with Gasteiger partial charge in [-0.1, -0.05) is 13.8 Å². The number of hydrogen-bond donors (Lipinski definition) is 0. The van der Waals surface area contributed by atoms with Gasteiger partial charge in [0, 0.05) is 6.92 Å². The summed E-state index contributed by atoms with van der Waals surface area (Å²) < 4.78 is 12.1. The van der Waals surface area contributed by atoms with Crippen molar-refractivity contribution in [1.29, 1.82) is 0 Å². The van der Waals surface area contributed by atoms with Crippen LogP contribution in [0, 0.1) is 5.41 Å². The predicted molar refractivity (Wildman–Crippen MR) is 70.3 cm³/mol. The van der Waals surface area contributed by atoms with Crippen molar-refractivity contribution in [2.45, 2.75) is 84.0 Å². The average Bonchev–Trinajstić information content (AvgIpc) is 2.59. The van der Waals surface area contributed by atoms with E-state index < -0.39 is 5.60 Å². The highest BCUT2D eigenvalue weighted by Crippen LogP contribution is 2.58. The molecular weight excluding hydrogens is 228 g/mol. The number of hydrogen-bond acceptors (Lipinski definition) is 3. The van der Waals surface area contributed by atoms with E-state index in [-0.39, 0.29) is 23.1 Å². The molecule has 0 radical (unpaired) electrons. The molecule has 18 heavy (non-hydrogen) atoms. The van der Waals surface area contributed by atoms with E-state index in [1.54, 1.807) is 0 Å². The third-order valence-corrected chi connectivity index (χ3v) is 5.08. The van der Waals surface area contributed by atoms with Crippen LogP contribution in [0.4, 0.5) is 0 Å². The molecular formula is C15H26O3. The van der Waals surface area contributed by atoms with E-state index in [2.05, 4.69) is 27.7 Å². The van der Waals surface area contributed by atoms with Gasteiger partial charge >= 0.3 is 5.97 Å². The van der Waals surface area contributed by atoms with E-state index in [0.717, 1.165) is 32.1 Å². The largest absolute Gasteiger partial charge is 0.456 e. The van der Waals surface area contributed by atoms with Gasteiger partial charge in [0.15, 0.2) is 0 Å². The summed E-state index contributed by atoms with van der Waals surface area (Å²) in [6.07, 6.45) is 5.44. The molecule has 104 valence electrons. The Labute approximate surface area is 110 Å². The Morgan fingerprint density at radius 2 is 1.89 bits per heavy atom. The summed E-state index contributed by atoms with van der Waals surface area (Å²) >= 11 is 0. The van der Waals surface area contributed by atoms with E-state index in [1.807, 2.05) is 0 Å². The molecule has 2 fully saturated rings. The molecule has 3 atom stereocenters. The van der Waals surface area contributed by atoms with E-state index in [4.69, 9.17) is 9.47 Å². The van der Waals surface area contributed by atoms with Crippen molar-refractivity contribution >= 4 is 5.97 Å². The van der Waals surface area contributed by atoms with Gasteiger partial charge in [0.05, 0.1) is 6.10 Å². The molecule has 1 heterocycles. The Balaban J connectivity index is 2.40. The van der Waals surface area contributed by atoms with E-state index in [9.17, 15) is 4.79 Å². The first kappa shape index (κ1) is 13.9. The van der Waals surface area contributed by atoms with Crippen molar-refractivity contribution in [3.05, 3.63) is 0 Å². The van der Waals surface area contributed by atoms with Gasteiger partial charge in [-0.2, -0.15) is 0 Å². The highest BCUT2D eigenvalue weighted by atomic mass is 16.6. The molecule has 1 aliphatic heterocycles. The first-order chi connectivity index (χ1) is 8.22. The summed E-state index contributed by atoms with van der Waals surface area (Å²) in [6.45, 7) is 10.2. The first-order valence-electron chi connectivity index (χ1n) is 7.10. The normalized spacial score (nSPS) is 43.1. The molecule has 1 spiro atoms. The van der Waals surface area contributed by atoms with Gasteiger partial charge < -0.3 is 9.47 Å². The summed E-state index contributed by atoms with van der Waals surface area (Å²) in [5.41, 5.74) is -0.741. The lowest BCUT2D eigenvalue weighted by molar-refractivity contribution is -0.251. The van der Waals surface area contributed by atoms with Crippen molar-refractivity contribution in [3.63, 3.8) is 0 Å². The second-order valence-corrected chi connectivity index (χ2v) is 6.86. The first-order valence-corrected chi connectivity index (χ1v) is 7.10. The molecule has 3 heteroatoms. The molecule has 0 N–H and O–H groups in total. The van der Waals surface area contributed by atoms with Gasteiger partial charge in [-0.15, -0.1) is 0 Å². The zero-order valence-corrected chi connectivity index (χ0v) is 12.3. The molecule has 0 aromatic heterocycles. The number of ether oxygens (including phenoxy) is 2. The van der Waals surface area contributed by atoms with Gasteiger partial charge in [-0.3, -0.25) is 4.79 Å². The van der Waals surface area contributed by atoms with Gasteiger partial charge in [0.2, 0.25) is 0 Å². The molecule has 2 rings (SSSR count). The summed E-state index contributed by atoms with van der Waals surface area (Å²) in [4.78, 5) is 11.5. The minimum absolute atomic E-state index is 0.0558. The standard InChI is InChI=1S/C15H26O3/c1-11-7-10-15(17-11)13(3,4)8-6-9-14(15,5)18-12(2)16/h11H,6-10H2,1-5H3/t11-,14?,15-/m0/s1. The van der Waals surface area contributed by atoms with Crippen LogP contribution in [-0.4, -0.2) is 23.3 Å². The quantitative estimate of drug-likeness (QED) is 0.672. The minimum atomic E-state index is -0.481. The molecule has 1 saturated carbocycles. The SMILES string of the molecule is CC(=O)OC1(C)CCCC(C)(C)[C@@]12CC[C@H](C)O2. The van der Waals surface area contributed by atoms with Crippen LogP contribution in [0.15, 0.2) is 0 Å². The van der Waals surface area contributed by atoms with E-state index in [1.165, 1.54) is 6.92 Å². The molecule has 1 aliphatic carbocycles. The molecule has 1 unspecified atom stereocenters. The molecule has 0 aromatic rings. The van der Waals surface area contributed by atoms with Crippen molar-refractivity contribution < 1.29 is 14.3 Å². The van der Waals surface area contributed by atoms with Gasteiger partial charge in [0.25, 0.3) is 0 Å². The average molecular weight is 254 g/mol. The highest BCUT2D eigenvalue weighted by molar-refractivity contribution is 5.66. The van der Waals surface area contributed by atoms with E-state index >= 15 is 0 Å². The number of carbonyl (C=O) groups is 1. The van der Waals surface area contributed by atoms with Gasteiger partial charge in [-0.25, -0.2) is 0 Å². The van der Waals surface area contributed by atoms with Crippen molar-refractivity contribution in [2.24, 2.45) is 5.41 Å². The maximum Gasteiger partial charge on any atom is 0.303 e. The highest BCUT2D eigenvalue weighted by Gasteiger charge is 2.64. The molecule has 1 saturated heterocycles. The molecule has 0 bridgehead atoms. The second kappa shape index (κ2) is 4.22. The van der Waals surface area contributed by atoms with Crippen molar-refractivity contribution in [3.8, 4) is 0 Å². The van der Waals surface area contributed by atoms with Crippen LogP contribution in [0.2, 0.25) is 0 Å². The zero-order valence-electron chi connectivity index (χ0n) is 12.3. The number of esters is 1. The Kier molecular flexibility index (Phi) is 3.25. The zero-order chi connectivity index (χ0) is 13.6. The topological polar surface area (TPSA) is 35.5 Å². The lowest BCUT2D eigenvalue weighted by Gasteiger charge is -2.57. The molecule has 2 aliphatic rings. The van der Waals surface area contributed by atoms with Crippen LogP contribution >= 0.6 is 0 Å². The maximum atomic E-state index is 11.5. The molecule has 0 amide bonds. The van der Waals surface area contributed by atoms with Crippen LogP contribution in [-0.2, 0) is 14.3 Å². The third kappa shape index (κ3) is 1.87. The summed E-state index contributed by atoms with van der Waals surface area (Å²) in [5.74, 6) is -0.197. The van der Waals surface area contributed by atoms with Crippen LogP contribution < -0.4 is 0 Å². The fraction of sp³-hybridized carbons (Fsp3) is 0.933. The number of rotatable bonds is 1. The van der Waals surface area contributed by atoms with E-state index in [0.29, 0.717) is 0 Å². The van der Waals surface area contributed by atoms with Crippen LogP contribution in [0.5, 0.6) is 0 Å². The fourth-order valence-electron chi connectivity index (χ4n) is 4.19. The minimum Gasteiger partial charge on any atom is -0.456 e. The van der Waals surface area contributed by atoms with Crippen LogP contribution in [0.3, 0.4) is 0 Å². The van der Waals surface area contributed by atoms with Crippen LogP contribution in [0.1, 0.15) is 66.7 Å². The Hall–Kier alpha value is -0.570. The monoisotopic (exact) mass is 254 g/mol. The van der Waals surface area contributed by atoms with Crippen molar-refractivity contribution in [2.75, 3.05) is 0 Å². The van der Waals surface area contributed by atoms with Crippen LogP contribution in [0.25, 0.3) is 0 Å². The predicted octanol–water partition coefficient (Wildman–Crippen LogP) is 3.46. The molecule has 3 nitrogen and oxygen atoms in total. The maximum absolute atomic E-state index is 11.5. The third-order valence-electron chi connectivity index (χ3n) is 5.08. The summed E-state index contributed by atoms with van der Waals surface area (Å²) in [5, 5.41) is 0. The number of carbonyl (C=O) groups excluding carboxylic acids is 1. The lowest BCUT2D eigenvalue weighted by atomic mass is 9.57. The van der Waals surface area contributed by atoms with Gasteiger partial charge in [0.1, 0.15) is 11.2 Å². The second-order valence-electron chi connectivity index (χ2n) is 6.86. The lowest BCUT2D eigenvalue weighted by Crippen LogP contribution is -2.64. The Morgan fingerprint density at radius 1 is 1.22 bits per heavy atom. The van der Waals surface area contributed by atoms with Crippen molar-refractivity contribution in [1.82, 2.24) is 0 Å². The summed E-state index contributed by atoms with van der Waals surface area (Å²) in [6, 6.07) is 0. The summed E-state index contributed by atoms with van der Waals surface area (Å²) in [7, 11) is 0.